The minimum absolute atomic E-state index is 0.150. The topological polar surface area (TPSA) is 67.4 Å². The van der Waals surface area contributed by atoms with Crippen LogP contribution < -0.4 is 15.4 Å². The van der Waals surface area contributed by atoms with E-state index in [1.54, 1.807) is 49.5 Å². The molecule has 0 radical (unpaired) electrons. The first kappa shape index (κ1) is 19.9. The summed E-state index contributed by atoms with van der Waals surface area (Å²) < 4.78 is 5.90. The highest BCUT2D eigenvalue weighted by molar-refractivity contribution is 6.03. The third kappa shape index (κ3) is 5.56. The van der Waals surface area contributed by atoms with E-state index in [4.69, 9.17) is 4.74 Å². The maximum atomic E-state index is 12.3. The van der Waals surface area contributed by atoms with Gasteiger partial charge in [0.1, 0.15) is 5.75 Å². The zero-order valence-electron chi connectivity index (χ0n) is 16.3. The quantitative estimate of drug-likeness (QED) is 0.598. The van der Waals surface area contributed by atoms with Crippen LogP contribution in [0.1, 0.15) is 21.5 Å². The van der Waals surface area contributed by atoms with Gasteiger partial charge in [0.25, 0.3) is 5.91 Å². The fraction of sp³-hybridized carbons (Fsp3) is 0.0833. The predicted molar refractivity (Wildman–Crippen MR) is 115 cm³/mol. The molecule has 0 aromatic heterocycles. The highest BCUT2D eigenvalue weighted by atomic mass is 16.5. The second-order valence-electron chi connectivity index (χ2n) is 6.43. The molecule has 0 saturated carbocycles. The molecule has 0 spiro atoms. The average Bonchev–Trinajstić information content (AvgIpc) is 2.75. The first-order chi connectivity index (χ1) is 14.0. The Balaban J connectivity index is 1.67. The molecule has 29 heavy (non-hydrogen) atoms. The lowest BCUT2D eigenvalue weighted by Crippen LogP contribution is -2.17. The van der Waals surface area contributed by atoms with Gasteiger partial charge in [0, 0.05) is 18.7 Å². The lowest BCUT2D eigenvalue weighted by molar-refractivity contribution is -0.111. The second-order valence-corrected chi connectivity index (χ2v) is 6.43. The van der Waals surface area contributed by atoms with Crippen molar-refractivity contribution in [3.05, 3.63) is 95.6 Å². The van der Waals surface area contributed by atoms with E-state index >= 15 is 0 Å². The van der Waals surface area contributed by atoms with Crippen LogP contribution in [0.2, 0.25) is 0 Å². The lowest BCUT2D eigenvalue weighted by atomic mass is 10.1. The molecule has 0 fully saturated rings. The minimum atomic E-state index is -0.277. The van der Waals surface area contributed by atoms with Gasteiger partial charge in [-0.2, -0.15) is 0 Å². The Labute approximate surface area is 170 Å². The largest absolute Gasteiger partial charge is 0.455 e. The van der Waals surface area contributed by atoms with Gasteiger partial charge in [-0.3, -0.25) is 9.59 Å². The van der Waals surface area contributed by atoms with Crippen molar-refractivity contribution in [1.29, 1.82) is 0 Å². The minimum Gasteiger partial charge on any atom is -0.455 e. The Hall–Kier alpha value is -3.86. The number of rotatable bonds is 6. The zero-order chi connectivity index (χ0) is 20.6. The molecule has 5 heteroatoms. The molecule has 0 aliphatic heterocycles. The summed E-state index contributed by atoms with van der Waals surface area (Å²) in [5.74, 6) is 0.834. The molecule has 0 atom stereocenters. The molecule has 2 amide bonds. The molecule has 5 nitrogen and oxygen atoms in total. The molecule has 0 heterocycles. The number of anilines is 1. The van der Waals surface area contributed by atoms with Crippen LogP contribution in [0.4, 0.5) is 5.69 Å². The van der Waals surface area contributed by atoms with Crippen LogP contribution >= 0.6 is 0 Å². The van der Waals surface area contributed by atoms with Gasteiger partial charge in [-0.25, -0.2) is 0 Å². The van der Waals surface area contributed by atoms with E-state index in [-0.39, 0.29) is 11.8 Å². The van der Waals surface area contributed by atoms with Crippen LogP contribution in [-0.2, 0) is 4.79 Å². The summed E-state index contributed by atoms with van der Waals surface area (Å²) in [5, 5.41) is 5.41. The molecular weight excluding hydrogens is 364 g/mol. The predicted octanol–water partition coefficient (Wildman–Crippen LogP) is 4.80. The summed E-state index contributed by atoms with van der Waals surface area (Å²) in [5.41, 5.74) is 3.11. The Morgan fingerprint density at radius 3 is 2.28 bits per heavy atom. The number of para-hydroxylation sites is 2. The van der Waals surface area contributed by atoms with Crippen LogP contribution in [0.25, 0.3) is 6.08 Å². The van der Waals surface area contributed by atoms with E-state index in [0.717, 1.165) is 11.1 Å². The number of carbonyl (C=O) groups is 2. The summed E-state index contributed by atoms with van der Waals surface area (Å²) in [7, 11) is 1.58. The Morgan fingerprint density at radius 1 is 0.897 bits per heavy atom. The number of ether oxygens (including phenoxy) is 1. The Kier molecular flexibility index (Phi) is 6.43. The number of aryl methyl sites for hydroxylation is 1. The van der Waals surface area contributed by atoms with Crippen LogP contribution in [-0.4, -0.2) is 18.9 Å². The number of hydrogen-bond donors (Lipinski definition) is 2. The van der Waals surface area contributed by atoms with Gasteiger partial charge < -0.3 is 15.4 Å². The van der Waals surface area contributed by atoms with Crippen LogP contribution in [0.3, 0.4) is 0 Å². The van der Waals surface area contributed by atoms with Crippen molar-refractivity contribution in [2.75, 3.05) is 12.4 Å². The first-order valence-corrected chi connectivity index (χ1v) is 9.20. The molecule has 146 valence electrons. The van der Waals surface area contributed by atoms with Crippen molar-refractivity contribution < 1.29 is 14.3 Å². The standard InChI is InChI=1S/C24H22N2O3/c1-17-7-14-20(15-8-17)29-22-6-4-3-5-21(22)26-23(27)16-11-18-9-12-19(13-10-18)24(28)25-2/h3-16H,1-2H3,(H,25,28)(H,26,27)/b16-11+. The summed E-state index contributed by atoms with van der Waals surface area (Å²) in [6.07, 6.45) is 3.13. The monoisotopic (exact) mass is 386 g/mol. The van der Waals surface area contributed by atoms with E-state index in [1.807, 2.05) is 43.3 Å². The molecule has 0 aliphatic rings. The Bertz CT molecular complexity index is 1020. The summed E-state index contributed by atoms with van der Waals surface area (Å²) >= 11 is 0. The van der Waals surface area contributed by atoms with E-state index < -0.39 is 0 Å². The fourth-order valence-corrected chi connectivity index (χ4v) is 2.63. The second kappa shape index (κ2) is 9.37. The van der Waals surface area contributed by atoms with Gasteiger partial charge in [0.05, 0.1) is 5.69 Å². The van der Waals surface area contributed by atoms with Gasteiger partial charge >= 0.3 is 0 Å². The number of hydrogen-bond acceptors (Lipinski definition) is 3. The summed E-state index contributed by atoms with van der Waals surface area (Å²) in [4.78, 5) is 23.9. The SMILES string of the molecule is CNC(=O)c1ccc(/C=C/C(=O)Nc2ccccc2Oc2ccc(C)cc2)cc1. The summed E-state index contributed by atoms with van der Waals surface area (Å²) in [6, 6.07) is 22.0. The van der Waals surface area contributed by atoms with Crippen LogP contribution in [0.15, 0.2) is 78.9 Å². The van der Waals surface area contributed by atoms with Gasteiger partial charge in [-0.15, -0.1) is 0 Å². The molecule has 3 aromatic carbocycles. The maximum absolute atomic E-state index is 12.3. The summed E-state index contributed by atoms with van der Waals surface area (Å²) in [6.45, 7) is 2.01. The van der Waals surface area contributed by atoms with Gasteiger partial charge in [0.2, 0.25) is 5.91 Å². The first-order valence-electron chi connectivity index (χ1n) is 9.20. The molecule has 0 aliphatic carbocycles. The average molecular weight is 386 g/mol. The molecule has 0 saturated heterocycles. The third-order valence-corrected chi connectivity index (χ3v) is 4.22. The number of carbonyl (C=O) groups excluding carboxylic acids is 2. The highest BCUT2D eigenvalue weighted by Crippen LogP contribution is 2.29. The smallest absolute Gasteiger partial charge is 0.251 e. The normalized spacial score (nSPS) is 10.6. The van der Waals surface area contributed by atoms with E-state index in [9.17, 15) is 9.59 Å². The van der Waals surface area contributed by atoms with Gasteiger partial charge in [-0.05, 0) is 55.0 Å². The highest BCUT2D eigenvalue weighted by Gasteiger charge is 2.07. The van der Waals surface area contributed by atoms with E-state index in [1.165, 1.54) is 6.08 Å². The van der Waals surface area contributed by atoms with E-state index in [2.05, 4.69) is 10.6 Å². The van der Waals surface area contributed by atoms with Crippen molar-refractivity contribution in [3.8, 4) is 11.5 Å². The van der Waals surface area contributed by atoms with Crippen molar-refractivity contribution >= 4 is 23.6 Å². The number of benzene rings is 3. The molecular formula is C24H22N2O3. The van der Waals surface area contributed by atoms with Gasteiger partial charge in [-0.1, -0.05) is 42.0 Å². The van der Waals surface area contributed by atoms with Crippen LogP contribution in [0.5, 0.6) is 11.5 Å². The van der Waals surface area contributed by atoms with Crippen LogP contribution in [0, 0.1) is 6.92 Å². The maximum Gasteiger partial charge on any atom is 0.251 e. The van der Waals surface area contributed by atoms with Crippen molar-refractivity contribution in [1.82, 2.24) is 5.32 Å². The molecule has 0 bridgehead atoms. The van der Waals surface area contributed by atoms with Crippen molar-refractivity contribution in [3.63, 3.8) is 0 Å². The van der Waals surface area contributed by atoms with E-state index in [0.29, 0.717) is 22.7 Å². The lowest BCUT2D eigenvalue weighted by Gasteiger charge is -2.11. The number of nitrogens with one attached hydrogen (secondary N) is 2. The molecule has 3 rings (SSSR count). The molecule has 2 N–H and O–H groups in total. The van der Waals surface area contributed by atoms with Crippen molar-refractivity contribution in [2.45, 2.75) is 6.92 Å². The molecule has 3 aromatic rings. The number of amides is 2. The third-order valence-electron chi connectivity index (χ3n) is 4.22. The molecule has 0 unspecified atom stereocenters. The zero-order valence-corrected chi connectivity index (χ0v) is 16.3. The Morgan fingerprint density at radius 2 is 1.59 bits per heavy atom. The fourth-order valence-electron chi connectivity index (χ4n) is 2.63. The van der Waals surface area contributed by atoms with Gasteiger partial charge in [0.15, 0.2) is 5.75 Å². The van der Waals surface area contributed by atoms with Crippen molar-refractivity contribution in [2.24, 2.45) is 0 Å².